The molecule has 0 atom stereocenters. The third-order valence-electron chi connectivity index (χ3n) is 2.26. The summed E-state index contributed by atoms with van der Waals surface area (Å²) in [4.78, 5) is 15.4. The Morgan fingerprint density at radius 2 is 2.28 bits per heavy atom. The van der Waals surface area contributed by atoms with Crippen molar-refractivity contribution in [2.75, 3.05) is 18.4 Å². The Balaban J connectivity index is 2.30. The van der Waals surface area contributed by atoms with E-state index in [1.165, 1.54) is 0 Å². The van der Waals surface area contributed by atoms with Gasteiger partial charge in [0, 0.05) is 25.7 Å². The molecule has 1 rings (SSSR count). The van der Waals surface area contributed by atoms with E-state index in [0.29, 0.717) is 36.8 Å². The van der Waals surface area contributed by atoms with Crippen LogP contribution in [0.1, 0.15) is 25.8 Å². The van der Waals surface area contributed by atoms with Crippen LogP contribution >= 0.6 is 0 Å². The van der Waals surface area contributed by atoms with E-state index >= 15 is 0 Å². The second-order valence-electron chi connectivity index (χ2n) is 4.39. The molecule has 0 aliphatic rings. The molecule has 0 aromatic carbocycles. The summed E-state index contributed by atoms with van der Waals surface area (Å²) in [6.45, 7) is 5.08. The number of anilines is 1. The van der Waals surface area contributed by atoms with E-state index < -0.39 is 0 Å². The fourth-order valence-corrected chi connectivity index (χ4v) is 1.46. The van der Waals surface area contributed by atoms with E-state index in [0.717, 1.165) is 0 Å². The van der Waals surface area contributed by atoms with Crippen molar-refractivity contribution in [3.63, 3.8) is 0 Å². The third-order valence-corrected chi connectivity index (χ3v) is 2.26. The van der Waals surface area contributed by atoms with Crippen LogP contribution in [0.15, 0.2) is 18.3 Å². The van der Waals surface area contributed by atoms with Gasteiger partial charge in [-0.3, -0.25) is 4.79 Å². The smallest absolute Gasteiger partial charge is 0.220 e. The number of nitrogens with zero attached hydrogens (tertiary/aromatic N) is 2. The molecule has 1 heterocycles. The molecule has 18 heavy (non-hydrogen) atoms. The highest BCUT2D eigenvalue weighted by Gasteiger charge is 2.04. The maximum atomic E-state index is 11.4. The molecule has 5 heteroatoms. The summed E-state index contributed by atoms with van der Waals surface area (Å²) in [5.41, 5.74) is 0.506. The Bertz CT molecular complexity index is 437. The fraction of sp³-hybridized carbons (Fsp3) is 0.462. The number of nitriles is 1. The lowest BCUT2D eigenvalue weighted by Crippen LogP contribution is -2.29. The summed E-state index contributed by atoms with van der Waals surface area (Å²) in [7, 11) is 0. The number of amides is 1. The van der Waals surface area contributed by atoms with Gasteiger partial charge in [0.15, 0.2) is 0 Å². The van der Waals surface area contributed by atoms with Crippen LogP contribution in [0.5, 0.6) is 0 Å². The molecule has 0 bridgehead atoms. The first-order valence-corrected chi connectivity index (χ1v) is 5.99. The fourth-order valence-electron chi connectivity index (χ4n) is 1.46. The van der Waals surface area contributed by atoms with E-state index in [4.69, 9.17) is 5.26 Å². The monoisotopic (exact) mass is 246 g/mol. The number of aromatic nitrogens is 1. The molecule has 0 unspecified atom stereocenters. The van der Waals surface area contributed by atoms with Gasteiger partial charge < -0.3 is 10.6 Å². The Morgan fingerprint density at radius 3 is 2.94 bits per heavy atom. The maximum Gasteiger partial charge on any atom is 0.220 e. The van der Waals surface area contributed by atoms with Gasteiger partial charge in [-0.25, -0.2) is 4.98 Å². The molecule has 1 aromatic rings. The normalized spacial score (nSPS) is 9.89. The van der Waals surface area contributed by atoms with Crippen LogP contribution in [0, 0.1) is 17.2 Å². The summed E-state index contributed by atoms with van der Waals surface area (Å²) < 4.78 is 0. The molecule has 0 fully saturated rings. The van der Waals surface area contributed by atoms with Crippen molar-refractivity contribution in [1.29, 1.82) is 5.26 Å². The number of hydrogen-bond donors (Lipinski definition) is 2. The van der Waals surface area contributed by atoms with Crippen LogP contribution in [0.3, 0.4) is 0 Å². The predicted molar refractivity (Wildman–Crippen MR) is 69.9 cm³/mol. The predicted octanol–water partition coefficient (Wildman–Crippen LogP) is 1.53. The van der Waals surface area contributed by atoms with Crippen molar-refractivity contribution >= 4 is 11.7 Å². The molecule has 1 aromatic heterocycles. The summed E-state index contributed by atoms with van der Waals surface area (Å²) in [5.74, 6) is 0.963. The maximum absolute atomic E-state index is 11.4. The van der Waals surface area contributed by atoms with E-state index in [9.17, 15) is 4.79 Å². The van der Waals surface area contributed by atoms with Crippen LogP contribution in [0.25, 0.3) is 0 Å². The second kappa shape index (κ2) is 7.28. The van der Waals surface area contributed by atoms with Gasteiger partial charge in [0.2, 0.25) is 5.91 Å². The van der Waals surface area contributed by atoms with Crippen molar-refractivity contribution in [2.45, 2.75) is 20.3 Å². The highest BCUT2D eigenvalue weighted by atomic mass is 16.1. The van der Waals surface area contributed by atoms with Gasteiger partial charge in [-0.1, -0.05) is 13.8 Å². The molecule has 5 nitrogen and oxygen atoms in total. The lowest BCUT2D eigenvalue weighted by atomic mass is 10.1. The summed E-state index contributed by atoms with van der Waals surface area (Å²) in [6.07, 6.45) is 2.16. The first-order valence-electron chi connectivity index (χ1n) is 5.99. The van der Waals surface area contributed by atoms with Gasteiger partial charge in [0.05, 0.1) is 5.56 Å². The minimum absolute atomic E-state index is 0.0494. The molecule has 0 saturated heterocycles. The van der Waals surface area contributed by atoms with Gasteiger partial charge in [-0.2, -0.15) is 5.26 Å². The summed E-state index contributed by atoms with van der Waals surface area (Å²) in [5, 5.41) is 14.7. The van der Waals surface area contributed by atoms with Crippen molar-refractivity contribution in [3.05, 3.63) is 23.9 Å². The van der Waals surface area contributed by atoms with Gasteiger partial charge in [0.1, 0.15) is 11.9 Å². The minimum atomic E-state index is 0.0494. The number of carbonyl (C=O) groups excluding carboxylic acids is 1. The average molecular weight is 246 g/mol. The first-order chi connectivity index (χ1) is 8.63. The zero-order valence-electron chi connectivity index (χ0n) is 10.7. The lowest BCUT2D eigenvalue weighted by Gasteiger charge is -2.09. The highest BCUT2D eigenvalue weighted by molar-refractivity contribution is 5.76. The standard InChI is InChI=1S/C13H18N4O/c1-10(2)8-12(18)15-6-7-17-13-11(9-14)4-3-5-16-13/h3-5,10H,6-8H2,1-2H3,(H,15,18)(H,16,17). The third kappa shape index (κ3) is 4.83. The van der Waals surface area contributed by atoms with E-state index in [2.05, 4.69) is 21.7 Å². The topological polar surface area (TPSA) is 77.8 Å². The summed E-state index contributed by atoms with van der Waals surface area (Å²) in [6, 6.07) is 5.48. The van der Waals surface area contributed by atoms with Crippen LogP contribution in [0.2, 0.25) is 0 Å². The number of rotatable bonds is 6. The summed E-state index contributed by atoms with van der Waals surface area (Å²) >= 11 is 0. The quantitative estimate of drug-likeness (QED) is 0.746. The van der Waals surface area contributed by atoms with Gasteiger partial charge in [-0.05, 0) is 18.1 Å². The highest BCUT2D eigenvalue weighted by Crippen LogP contribution is 2.08. The number of nitrogens with one attached hydrogen (secondary N) is 2. The van der Waals surface area contributed by atoms with Crippen molar-refractivity contribution < 1.29 is 4.79 Å². The molecule has 2 N–H and O–H groups in total. The Morgan fingerprint density at radius 1 is 1.50 bits per heavy atom. The van der Waals surface area contributed by atoms with Gasteiger partial charge >= 0.3 is 0 Å². The van der Waals surface area contributed by atoms with Crippen LogP contribution in [-0.4, -0.2) is 24.0 Å². The molecule has 96 valence electrons. The average Bonchev–Trinajstić information content (AvgIpc) is 2.34. The van der Waals surface area contributed by atoms with Crippen LogP contribution in [-0.2, 0) is 4.79 Å². The first kappa shape index (κ1) is 14.0. The zero-order chi connectivity index (χ0) is 13.4. The van der Waals surface area contributed by atoms with Crippen LogP contribution in [0.4, 0.5) is 5.82 Å². The molecule has 1 amide bonds. The molecular weight excluding hydrogens is 228 g/mol. The van der Waals surface area contributed by atoms with E-state index in [1.807, 2.05) is 13.8 Å². The molecular formula is C13H18N4O. The number of hydrogen-bond acceptors (Lipinski definition) is 4. The van der Waals surface area contributed by atoms with Crippen molar-refractivity contribution in [2.24, 2.45) is 5.92 Å². The molecule has 0 aliphatic carbocycles. The Kier molecular flexibility index (Phi) is 5.65. The van der Waals surface area contributed by atoms with E-state index in [1.54, 1.807) is 18.3 Å². The van der Waals surface area contributed by atoms with Crippen LogP contribution < -0.4 is 10.6 Å². The Hall–Kier alpha value is -2.09. The van der Waals surface area contributed by atoms with E-state index in [-0.39, 0.29) is 5.91 Å². The van der Waals surface area contributed by atoms with Gasteiger partial charge in [0.25, 0.3) is 0 Å². The molecule has 0 radical (unpaired) electrons. The zero-order valence-corrected chi connectivity index (χ0v) is 10.7. The van der Waals surface area contributed by atoms with Crippen molar-refractivity contribution in [3.8, 4) is 6.07 Å². The number of carbonyl (C=O) groups is 1. The molecule has 0 saturated carbocycles. The van der Waals surface area contributed by atoms with Gasteiger partial charge in [-0.15, -0.1) is 0 Å². The minimum Gasteiger partial charge on any atom is -0.367 e. The second-order valence-corrected chi connectivity index (χ2v) is 4.39. The number of pyridine rings is 1. The SMILES string of the molecule is CC(C)CC(=O)NCCNc1ncccc1C#N. The largest absolute Gasteiger partial charge is 0.367 e. The lowest BCUT2D eigenvalue weighted by molar-refractivity contribution is -0.121. The molecule has 0 spiro atoms. The molecule has 0 aliphatic heterocycles. The Labute approximate surface area is 107 Å². The van der Waals surface area contributed by atoms with Crippen molar-refractivity contribution in [1.82, 2.24) is 10.3 Å².